The lowest BCUT2D eigenvalue weighted by Gasteiger charge is -2.27. The van der Waals surface area contributed by atoms with Crippen LogP contribution < -0.4 is 0 Å². The first-order valence-corrected chi connectivity index (χ1v) is 15.1. The molecule has 242 valence electrons. The van der Waals surface area contributed by atoms with Gasteiger partial charge < -0.3 is 38.6 Å². The van der Waals surface area contributed by atoms with Gasteiger partial charge in [-0.05, 0) is 32.6 Å². The fraction of sp³-hybridized carbons (Fsp3) is 0.862. The van der Waals surface area contributed by atoms with E-state index in [2.05, 4.69) is 18.6 Å². The quantitative estimate of drug-likeness (QED) is 0.0828. The maximum atomic E-state index is 12.6. The van der Waals surface area contributed by atoms with E-state index in [9.17, 15) is 9.59 Å². The van der Waals surface area contributed by atoms with Gasteiger partial charge in [0.15, 0.2) is 0 Å². The van der Waals surface area contributed by atoms with Crippen molar-refractivity contribution in [3.63, 3.8) is 0 Å². The first-order chi connectivity index (χ1) is 20.1. The van der Waals surface area contributed by atoms with Crippen LogP contribution in [0.4, 0.5) is 0 Å². The van der Waals surface area contributed by atoms with E-state index in [1.54, 1.807) is 13.0 Å². The highest BCUT2D eigenvalue weighted by molar-refractivity contribution is 6.22. The van der Waals surface area contributed by atoms with Crippen molar-refractivity contribution >= 4 is 11.8 Å². The molecule has 12 nitrogen and oxygen atoms in total. The lowest BCUT2D eigenvalue weighted by Crippen LogP contribution is -2.43. The summed E-state index contributed by atoms with van der Waals surface area (Å²) >= 11 is 0. The zero-order valence-corrected chi connectivity index (χ0v) is 25.7. The Bertz CT molecular complexity index is 647. The van der Waals surface area contributed by atoms with Crippen LogP contribution in [-0.2, 0) is 38.0 Å². The van der Waals surface area contributed by atoms with Gasteiger partial charge in [-0.2, -0.15) is 0 Å². The van der Waals surface area contributed by atoms with E-state index < -0.39 is 0 Å². The molecule has 1 fully saturated rings. The summed E-state index contributed by atoms with van der Waals surface area (Å²) in [6.07, 6.45) is 7.60. The summed E-state index contributed by atoms with van der Waals surface area (Å²) in [6, 6.07) is 0. The Kier molecular flexibility index (Phi) is 28.6. The fourth-order valence-corrected chi connectivity index (χ4v) is 3.48. The first-order valence-electron chi connectivity index (χ1n) is 15.1. The minimum atomic E-state index is -0.262. The van der Waals surface area contributed by atoms with Gasteiger partial charge in [-0.15, -0.1) is 0 Å². The van der Waals surface area contributed by atoms with Crippen molar-refractivity contribution in [2.75, 3.05) is 106 Å². The molecular formula is C29H56N2O10. The molecule has 0 unspecified atom stereocenters. The Balaban J connectivity index is 0.00000201. The zero-order chi connectivity index (χ0) is 30.4. The van der Waals surface area contributed by atoms with Crippen LogP contribution in [0.3, 0.4) is 0 Å². The number of ether oxygens (including phenoxy) is 6. The number of aliphatic hydroxyl groups is 2. The molecule has 0 aliphatic carbocycles. The Morgan fingerprint density at radius 2 is 0.927 bits per heavy atom. The molecule has 0 saturated carbocycles. The second-order valence-corrected chi connectivity index (χ2v) is 9.09. The molecule has 0 aromatic carbocycles. The van der Waals surface area contributed by atoms with Crippen LogP contribution in [0.15, 0.2) is 11.6 Å². The Hall–Kier alpha value is -1.64. The number of hydrogen-bond donors (Lipinski definition) is 2. The molecule has 41 heavy (non-hydrogen) atoms. The number of nitrogens with zero attached hydrogens (tertiary/aromatic N) is 2. The second-order valence-electron chi connectivity index (χ2n) is 9.09. The van der Waals surface area contributed by atoms with Gasteiger partial charge in [0.05, 0.1) is 79.2 Å². The van der Waals surface area contributed by atoms with Gasteiger partial charge in [0.1, 0.15) is 5.57 Å². The predicted molar refractivity (Wildman–Crippen MR) is 155 cm³/mol. The van der Waals surface area contributed by atoms with Crippen molar-refractivity contribution in [3.8, 4) is 0 Å². The summed E-state index contributed by atoms with van der Waals surface area (Å²) in [7, 11) is 0. The number of aliphatic hydroxyl groups excluding tert-OH is 2. The number of hydrazine groups is 1. The Labute approximate surface area is 246 Å². The average Bonchev–Trinajstić information content (AvgIpc) is 3.20. The van der Waals surface area contributed by atoms with Crippen LogP contribution in [0.2, 0.25) is 0 Å². The van der Waals surface area contributed by atoms with Crippen LogP contribution in [0.1, 0.15) is 59.3 Å². The minimum Gasteiger partial charge on any atom is -0.394 e. The maximum Gasteiger partial charge on any atom is 0.277 e. The predicted octanol–water partition coefficient (Wildman–Crippen LogP) is 1.97. The molecule has 12 heteroatoms. The van der Waals surface area contributed by atoms with Gasteiger partial charge in [-0.25, -0.2) is 10.0 Å². The van der Waals surface area contributed by atoms with E-state index in [0.29, 0.717) is 79.2 Å². The van der Waals surface area contributed by atoms with Crippen molar-refractivity contribution in [2.24, 2.45) is 0 Å². The molecule has 1 heterocycles. The third-order valence-electron chi connectivity index (χ3n) is 5.74. The maximum absolute atomic E-state index is 12.6. The van der Waals surface area contributed by atoms with Crippen molar-refractivity contribution in [1.82, 2.24) is 10.0 Å². The molecule has 1 aliphatic heterocycles. The normalized spacial score (nSPS) is 14.3. The second kappa shape index (κ2) is 29.8. The van der Waals surface area contributed by atoms with E-state index >= 15 is 0 Å². The molecule has 0 radical (unpaired) electrons. The number of allylic oxidation sites excluding steroid dienone is 1. The molecule has 0 bridgehead atoms. The minimum absolute atomic E-state index is 0.0278. The van der Waals surface area contributed by atoms with Crippen molar-refractivity contribution < 1.29 is 48.2 Å². The van der Waals surface area contributed by atoms with E-state index in [1.807, 2.05) is 0 Å². The molecule has 2 amide bonds. The van der Waals surface area contributed by atoms with Crippen molar-refractivity contribution in [3.05, 3.63) is 11.6 Å². The SMILES string of the molecule is C/C=C1/C(=O)N(CCCCOCCCC)N(CCOCCOCCOCCOCCCC)C1=O.OCCOCCO. The number of hydrogen-bond acceptors (Lipinski definition) is 10. The van der Waals surface area contributed by atoms with Crippen molar-refractivity contribution in [1.29, 1.82) is 0 Å². The van der Waals surface area contributed by atoms with E-state index in [-0.39, 0.29) is 30.6 Å². The molecule has 0 aromatic rings. The fourth-order valence-electron chi connectivity index (χ4n) is 3.48. The van der Waals surface area contributed by atoms with Crippen LogP contribution in [0, 0.1) is 0 Å². The summed E-state index contributed by atoms with van der Waals surface area (Å²) in [5.74, 6) is -0.499. The molecule has 0 aromatic heterocycles. The monoisotopic (exact) mass is 592 g/mol. The van der Waals surface area contributed by atoms with E-state index in [4.69, 9.17) is 33.9 Å². The van der Waals surface area contributed by atoms with E-state index in [1.165, 1.54) is 10.0 Å². The highest BCUT2D eigenvalue weighted by Gasteiger charge is 2.39. The molecular weight excluding hydrogens is 536 g/mol. The topological polar surface area (TPSA) is 136 Å². The molecule has 0 spiro atoms. The van der Waals surface area contributed by atoms with Gasteiger partial charge in [-0.3, -0.25) is 9.59 Å². The summed E-state index contributed by atoms with van der Waals surface area (Å²) in [5, 5.41) is 19.2. The highest BCUT2D eigenvalue weighted by Crippen LogP contribution is 2.20. The van der Waals surface area contributed by atoms with Gasteiger partial charge in [0.25, 0.3) is 11.8 Å². The third kappa shape index (κ3) is 20.8. The van der Waals surface area contributed by atoms with E-state index in [0.717, 1.165) is 51.7 Å². The summed E-state index contributed by atoms with van der Waals surface area (Å²) < 4.78 is 32.2. The number of amides is 2. The number of carbonyl (C=O) groups excluding carboxylic acids is 2. The zero-order valence-electron chi connectivity index (χ0n) is 25.7. The Morgan fingerprint density at radius 3 is 1.39 bits per heavy atom. The molecule has 1 rings (SSSR count). The largest absolute Gasteiger partial charge is 0.394 e. The molecule has 0 atom stereocenters. The summed E-state index contributed by atoms with van der Waals surface area (Å²) in [5.41, 5.74) is 0.221. The van der Waals surface area contributed by atoms with Gasteiger partial charge in [0, 0.05) is 26.4 Å². The molecule has 1 aliphatic rings. The van der Waals surface area contributed by atoms with Gasteiger partial charge in [0.2, 0.25) is 0 Å². The lowest BCUT2D eigenvalue weighted by atomic mass is 10.2. The highest BCUT2D eigenvalue weighted by atomic mass is 16.6. The number of carbonyl (C=O) groups is 2. The summed E-state index contributed by atoms with van der Waals surface area (Å²) in [6.45, 7) is 13.1. The number of unbranched alkanes of at least 4 members (excludes halogenated alkanes) is 3. The lowest BCUT2D eigenvalue weighted by molar-refractivity contribution is -0.148. The Morgan fingerprint density at radius 1 is 0.537 bits per heavy atom. The van der Waals surface area contributed by atoms with Gasteiger partial charge in [-0.1, -0.05) is 32.8 Å². The molecule has 1 saturated heterocycles. The van der Waals surface area contributed by atoms with Crippen LogP contribution in [-0.4, -0.2) is 138 Å². The smallest absolute Gasteiger partial charge is 0.277 e. The van der Waals surface area contributed by atoms with Crippen LogP contribution in [0.5, 0.6) is 0 Å². The van der Waals surface area contributed by atoms with Crippen LogP contribution in [0.25, 0.3) is 0 Å². The van der Waals surface area contributed by atoms with Crippen molar-refractivity contribution in [2.45, 2.75) is 59.3 Å². The third-order valence-corrected chi connectivity index (χ3v) is 5.74. The van der Waals surface area contributed by atoms with Crippen LogP contribution >= 0.6 is 0 Å². The summed E-state index contributed by atoms with van der Waals surface area (Å²) in [4.78, 5) is 25.2. The number of rotatable bonds is 27. The first kappa shape index (κ1) is 39.4. The standard InChI is InChI=1S/C25H46N2O7.C4H10O3/c1-4-7-13-30-15-10-9-11-26-24(28)23(6-3)25(29)27(26)12-16-32-18-20-34-22-21-33-19-17-31-14-8-5-2;5-1-3-7-4-2-6/h6H,4-5,7-22H2,1-3H3;5-6H,1-4H2/b23-6-;. The van der Waals surface area contributed by atoms with Gasteiger partial charge >= 0.3 is 0 Å². The molecule has 2 N–H and O–H groups in total. The average molecular weight is 593 g/mol.